The molecule has 1 atom stereocenters. The average Bonchev–Trinajstić information content (AvgIpc) is 2.71. The van der Waals surface area contributed by atoms with Crippen LogP contribution in [0.2, 0.25) is 0 Å². The predicted molar refractivity (Wildman–Crippen MR) is 110 cm³/mol. The SMILES string of the molecule is COc1ccc(N=C2S[C@H](C(=O)Nc3cccc(OC)c3)CC(=O)N2C)cc1. The number of anilines is 1. The molecule has 0 aliphatic carbocycles. The molecule has 0 saturated carbocycles. The lowest BCUT2D eigenvalue weighted by Crippen LogP contribution is -2.43. The normalized spacial score (nSPS) is 18.1. The Balaban J connectivity index is 1.75. The highest BCUT2D eigenvalue weighted by atomic mass is 32.2. The Morgan fingerprint density at radius 1 is 1.14 bits per heavy atom. The quantitative estimate of drug-likeness (QED) is 0.835. The minimum absolute atomic E-state index is 0.110. The van der Waals surface area contributed by atoms with Crippen LogP contribution in [0.4, 0.5) is 11.4 Å². The highest BCUT2D eigenvalue weighted by Gasteiger charge is 2.34. The Morgan fingerprint density at radius 2 is 1.86 bits per heavy atom. The van der Waals surface area contributed by atoms with Gasteiger partial charge in [0.1, 0.15) is 16.7 Å². The first kappa shape index (κ1) is 19.8. The number of carbonyl (C=O) groups is 2. The number of amides is 2. The number of ether oxygens (including phenoxy) is 2. The average molecular weight is 399 g/mol. The first-order valence-electron chi connectivity index (χ1n) is 8.61. The van der Waals surface area contributed by atoms with Gasteiger partial charge in [-0.2, -0.15) is 0 Å². The number of nitrogens with one attached hydrogen (secondary N) is 1. The Hall–Kier alpha value is -3.00. The van der Waals surface area contributed by atoms with Crippen LogP contribution in [0, 0.1) is 0 Å². The minimum Gasteiger partial charge on any atom is -0.497 e. The molecule has 7 nitrogen and oxygen atoms in total. The number of hydrogen-bond donors (Lipinski definition) is 1. The van der Waals surface area contributed by atoms with Gasteiger partial charge < -0.3 is 14.8 Å². The summed E-state index contributed by atoms with van der Waals surface area (Å²) >= 11 is 1.27. The first-order valence-corrected chi connectivity index (χ1v) is 9.49. The van der Waals surface area contributed by atoms with Gasteiger partial charge in [0, 0.05) is 25.2 Å². The zero-order chi connectivity index (χ0) is 20.1. The largest absolute Gasteiger partial charge is 0.497 e. The van der Waals surface area contributed by atoms with Gasteiger partial charge in [0.15, 0.2) is 5.17 Å². The van der Waals surface area contributed by atoms with Gasteiger partial charge >= 0.3 is 0 Å². The molecule has 1 heterocycles. The fourth-order valence-electron chi connectivity index (χ4n) is 2.59. The zero-order valence-corrected chi connectivity index (χ0v) is 16.7. The van der Waals surface area contributed by atoms with Gasteiger partial charge in [0.05, 0.1) is 19.9 Å². The summed E-state index contributed by atoms with van der Waals surface area (Å²) in [5.74, 6) is 0.964. The minimum atomic E-state index is -0.563. The molecule has 1 N–H and O–H groups in total. The van der Waals surface area contributed by atoms with Gasteiger partial charge in [-0.15, -0.1) is 0 Å². The van der Waals surface area contributed by atoms with Gasteiger partial charge in [0.25, 0.3) is 0 Å². The van der Waals surface area contributed by atoms with E-state index < -0.39 is 5.25 Å². The maximum atomic E-state index is 12.7. The molecule has 28 heavy (non-hydrogen) atoms. The van der Waals surface area contributed by atoms with Crippen LogP contribution in [0.5, 0.6) is 11.5 Å². The van der Waals surface area contributed by atoms with Gasteiger partial charge in [-0.3, -0.25) is 14.5 Å². The second-order valence-electron chi connectivity index (χ2n) is 6.08. The molecule has 0 unspecified atom stereocenters. The van der Waals surface area contributed by atoms with E-state index in [0.29, 0.717) is 22.3 Å². The third-order valence-corrected chi connectivity index (χ3v) is 5.44. The summed E-state index contributed by atoms with van der Waals surface area (Å²) in [5.41, 5.74) is 1.29. The second kappa shape index (κ2) is 8.79. The van der Waals surface area contributed by atoms with Crippen LogP contribution >= 0.6 is 11.8 Å². The van der Waals surface area contributed by atoms with Gasteiger partial charge in [0.2, 0.25) is 11.8 Å². The number of rotatable bonds is 5. The summed E-state index contributed by atoms with van der Waals surface area (Å²) in [6, 6.07) is 14.3. The maximum Gasteiger partial charge on any atom is 0.238 e. The third kappa shape index (κ3) is 4.64. The molecule has 2 amide bonds. The number of methoxy groups -OCH3 is 2. The highest BCUT2D eigenvalue weighted by Crippen LogP contribution is 2.29. The summed E-state index contributed by atoms with van der Waals surface area (Å²) in [4.78, 5) is 31.1. The van der Waals surface area contributed by atoms with Crippen molar-refractivity contribution in [2.75, 3.05) is 26.6 Å². The summed E-state index contributed by atoms with van der Waals surface area (Å²) in [6.07, 6.45) is 0.110. The van der Waals surface area contributed by atoms with E-state index in [2.05, 4.69) is 10.3 Å². The molecular formula is C20H21N3O4S. The summed E-state index contributed by atoms with van der Waals surface area (Å²) in [7, 11) is 4.82. The lowest BCUT2D eigenvalue weighted by atomic mass is 10.2. The molecule has 0 radical (unpaired) electrons. The lowest BCUT2D eigenvalue weighted by Gasteiger charge is -2.28. The number of aliphatic imine (C=N–C) groups is 1. The van der Waals surface area contributed by atoms with Gasteiger partial charge in [-0.1, -0.05) is 17.8 Å². The highest BCUT2D eigenvalue weighted by molar-refractivity contribution is 8.15. The number of carbonyl (C=O) groups excluding carboxylic acids is 2. The Bertz CT molecular complexity index is 899. The van der Waals surface area contributed by atoms with Crippen LogP contribution in [0.3, 0.4) is 0 Å². The Kier molecular flexibility index (Phi) is 6.20. The Labute approximate surface area is 167 Å². The lowest BCUT2D eigenvalue weighted by molar-refractivity contribution is -0.128. The number of hydrogen-bond acceptors (Lipinski definition) is 6. The number of thioether (sulfide) groups is 1. The molecular weight excluding hydrogens is 378 g/mol. The summed E-state index contributed by atoms with van der Waals surface area (Å²) in [6.45, 7) is 0. The van der Waals surface area contributed by atoms with E-state index in [1.165, 1.54) is 16.7 Å². The number of nitrogens with zero attached hydrogens (tertiary/aromatic N) is 2. The van der Waals surface area contributed by atoms with Crippen LogP contribution in [-0.4, -0.2) is 48.4 Å². The molecule has 0 spiro atoms. The van der Waals surface area contributed by atoms with Crippen molar-refractivity contribution in [3.8, 4) is 11.5 Å². The van der Waals surface area contributed by atoms with Crippen molar-refractivity contribution in [3.63, 3.8) is 0 Å². The molecule has 2 aromatic carbocycles. The summed E-state index contributed by atoms with van der Waals surface area (Å²) in [5, 5.41) is 2.76. The van der Waals surface area contributed by atoms with Crippen molar-refractivity contribution in [1.29, 1.82) is 0 Å². The molecule has 1 fully saturated rings. The van der Waals surface area contributed by atoms with E-state index in [0.717, 1.165) is 5.75 Å². The van der Waals surface area contributed by atoms with E-state index in [1.54, 1.807) is 69.8 Å². The van der Waals surface area contributed by atoms with Crippen molar-refractivity contribution in [2.24, 2.45) is 4.99 Å². The summed E-state index contributed by atoms with van der Waals surface area (Å²) < 4.78 is 10.3. The van der Waals surface area contributed by atoms with Crippen LogP contribution in [0.25, 0.3) is 0 Å². The molecule has 146 valence electrons. The van der Waals surface area contributed by atoms with Crippen molar-refractivity contribution < 1.29 is 19.1 Å². The van der Waals surface area contributed by atoms with Gasteiger partial charge in [-0.05, 0) is 36.4 Å². The van der Waals surface area contributed by atoms with E-state index in [4.69, 9.17) is 9.47 Å². The topological polar surface area (TPSA) is 80.2 Å². The molecule has 0 bridgehead atoms. The number of amidine groups is 1. The molecule has 2 aromatic rings. The van der Waals surface area contributed by atoms with Crippen LogP contribution in [0.1, 0.15) is 6.42 Å². The number of benzene rings is 2. The standard InChI is InChI=1S/C20H21N3O4S/c1-23-18(24)12-17(19(25)21-14-5-4-6-16(11-14)27-3)28-20(23)22-13-7-9-15(26-2)10-8-13/h4-11,17H,12H2,1-3H3,(H,21,25)/t17-/m0/s1. The fourth-order valence-corrected chi connectivity index (χ4v) is 3.65. The van der Waals surface area contributed by atoms with E-state index in [-0.39, 0.29) is 18.2 Å². The molecule has 3 rings (SSSR count). The van der Waals surface area contributed by atoms with Crippen molar-refractivity contribution in [3.05, 3.63) is 48.5 Å². The van der Waals surface area contributed by atoms with Crippen LogP contribution in [0.15, 0.2) is 53.5 Å². The molecule has 1 saturated heterocycles. The van der Waals surface area contributed by atoms with E-state index in [1.807, 2.05) is 0 Å². The Morgan fingerprint density at radius 3 is 2.54 bits per heavy atom. The molecule has 8 heteroatoms. The molecule has 0 aromatic heterocycles. The predicted octanol–water partition coefficient (Wildman–Crippen LogP) is 3.29. The second-order valence-corrected chi connectivity index (χ2v) is 7.25. The molecule has 1 aliphatic rings. The van der Waals surface area contributed by atoms with Crippen molar-refractivity contribution in [1.82, 2.24) is 4.90 Å². The van der Waals surface area contributed by atoms with E-state index in [9.17, 15) is 9.59 Å². The maximum absolute atomic E-state index is 12.7. The van der Waals surface area contributed by atoms with Crippen LogP contribution < -0.4 is 14.8 Å². The van der Waals surface area contributed by atoms with Crippen LogP contribution in [-0.2, 0) is 9.59 Å². The molecule has 1 aliphatic heterocycles. The first-order chi connectivity index (χ1) is 13.5. The van der Waals surface area contributed by atoms with Crippen molar-refractivity contribution in [2.45, 2.75) is 11.7 Å². The van der Waals surface area contributed by atoms with Crippen molar-refractivity contribution >= 4 is 40.1 Å². The monoisotopic (exact) mass is 399 g/mol. The fraction of sp³-hybridized carbons (Fsp3) is 0.250. The zero-order valence-electron chi connectivity index (χ0n) is 15.8. The van der Waals surface area contributed by atoms with Gasteiger partial charge in [-0.25, -0.2) is 4.99 Å². The smallest absolute Gasteiger partial charge is 0.238 e. The van der Waals surface area contributed by atoms with E-state index >= 15 is 0 Å². The third-order valence-electron chi connectivity index (χ3n) is 4.20.